The Bertz CT molecular complexity index is 411. The first-order valence-corrected chi connectivity index (χ1v) is 5.97. The van der Waals surface area contributed by atoms with Crippen LogP contribution in [0.1, 0.15) is 23.2 Å². The number of carbonyl (C=O) groups excluding carboxylic acids is 2. The average molecular weight is 251 g/mol. The summed E-state index contributed by atoms with van der Waals surface area (Å²) in [5, 5.41) is 9.57. The van der Waals surface area contributed by atoms with Crippen molar-refractivity contribution in [3.63, 3.8) is 0 Å². The molecule has 0 radical (unpaired) electrons. The number of amides is 2. The van der Waals surface area contributed by atoms with Crippen molar-refractivity contribution in [2.24, 2.45) is 5.73 Å². The highest BCUT2D eigenvalue weighted by atomic mass is 16.2. The molecule has 0 aliphatic carbocycles. The van der Waals surface area contributed by atoms with Crippen LogP contribution in [0.4, 0.5) is 0 Å². The molecular weight excluding hydrogens is 234 g/mol. The van der Waals surface area contributed by atoms with Crippen LogP contribution in [0.3, 0.4) is 0 Å². The van der Waals surface area contributed by atoms with Gasteiger partial charge >= 0.3 is 0 Å². The molecule has 7 heteroatoms. The predicted molar refractivity (Wildman–Crippen MR) is 64.7 cm³/mol. The van der Waals surface area contributed by atoms with Gasteiger partial charge in [0.05, 0.1) is 18.3 Å². The van der Waals surface area contributed by atoms with Crippen LogP contribution < -0.4 is 11.1 Å². The molecule has 1 aliphatic rings. The third-order valence-corrected chi connectivity index (χ3v) is 3.08. The first-order chi connectivity index (χ1) is 8.68. The number of rotatable bonds is 4. The minimum Gasteiger partial charge on any atom is -0.368 e. The molecule has 0 bridgehead atoms. The smallest absolute Gasteiger partial charge is 0.257 e. The lowest BCUT2D eigenvalue weighted by molar-refractivity contribution is -0.119. The molecule has 2 heterocycles. The van der Waals surface area contributed by atoms with Crippen molar-refractivity contribution in [1.82, 2.24) is 20.4 Å². The van der Waals surface area contributed by atoms with E-state index in [0.717, 1.165) is 25.9 Å². The molecule has 0 atom stereocenters. The fourth-order valence-electron chi connectivity index (χ4n) is 2.19. The Kier molecular flexibility index (Phi) is 3.93. The average Bonchev–Trinajstić information content (AvgIpc) is 2.90. The summed E-state index contributed by atoms with van der Waals surface area (Å²) in [5.41, 5.74) is 5.67. The zero-order valence-electron chi connectivity index (χ0n) is 10.1. The van der Waals surface area contributed by atoms with Gasteiger partial charge in [-0.25, -0.2) is 0 Å². The van der Waals surface area contributed by atoms with E-state index in [2.05, 4.69) is 15.5 Å². The summed E-state index contributed by atoms with van der Waals surface area (Å²) >= 11 is 0. The van der Waals surface area contributed by atoms with Crippen molar-refractivity contribution < 1.29 is 9.59 Å². The van der Waals surface area contributed by atoms with E-state index in [1.807, 2.05) is 0 Å². The van der Waals surface area contributed by atoms with E-state index in [4.69, 9.17) is 5.73 Å². The Morgan fingerprint density at radius 1 is 1.44 bits per heavy atom. The molecule has 1 aromatic rings. The molecule has 2 amide bonds. The molecule has 1 aromatic heterocycles. The molecule has 0 aromatic carbocycles. The monoisotopic (exact) mass is 251 g/mol. The number of hydrogen-bond donors (Lipinski definition) is 3. The second-order valence-corrected chi connectivity index (χ2v) is 4.37. The van der Waals surface area contributed by atoms with Crippen molar-refractivity contribution in [2.45, 2.75) is 18.9 Å². The number of aromatic amines is 1. The fraction of sp³-hybridized carbons (Fsp3) is 0.545. The van der Waals surface area contributed by atoms with E-state index in [1.165, 1.54) is 12.4 Å². The third kappa shape index (κ3) is 2.86. The minimum absolute atomic E-state index is 0.0469. The van der Waals surface area contributed by atoms with E-state index in [0.29, 0.717) is 5.56 Å². The molecule has 1 aliphatic heterocycles. The van der Waals surface area contributed by atoms with Gasteiger partial charge in [0, 0.05) is 12.2 Å². The Hall–Kier alpha value is -1.89. The second-order valence-electron chi connectivity index (χ2n) is 4.37. The van der Waals surface area contributed by atoms with Gasteiger partial charge in [0.25, 0.3) is 5.91 Å². The zero-order valence-corrected chi connectivity index (χ0v) is 10.1. The summed E-state index contributed by atoms with van der Waals surface area (Å²) in [6.07, 6.45) is 4.64. The van der Waals surface area contributed by atoms with Crippen LogP contribution in [0.5, 0.6) is 0 Å². The summed E-state index contributed by atoms with van der Waals surface area (Å²) in [6.45, 7) is 1.64. The van der Waals surface area contributed by atoms with Gasteiger partial charge in [-0.1, -0.05) is 0 Å². The van der Waals surface area contributed by atoms with Crippen molar-refractivity contribution in [3.05, 3.63) is 18.0 Å². The summed E-state index contributed by atoms with van der Waals surface area (Å²) in [7, 11) is 0. The van der Waals surface area contributed by atoms with Crippen LogP contribution in [-0.4, -0.2) is 52.6 Å². The first-order valence-electron chi connectivity index (χ1n) is 5.97. The summed E-state index contributed by atoms with van der Waals surface area (Å²) in [4.78, 5) is 24.9. The lowest BCUT2D eigenvalue weighted by Crippen LogP contribution is -2.49. The molecule has 1 fully saturated rings. The molecule has 0 saturated carbocycles. The summed E-state index contributed by atoms with van der Waals surface area (Å²) in [6, 6.07) is 0.0566. The van der Waals surface area contributed by atoms with Gasteiger partial charge in [-0.15, -0.1) is 0 Å². The summed E-state index contributed by atoms with van der Waals surface area (Å²) in [5.74, 6) is -0.695. The molecule has 2 rings (SSSR count). The van der Waals surface area contributed by atoms with E-state index >= 15 is 0 Å². The number of nitrogens with one attached hydrogen (secondary N) is 2. The number of nitrogens with two attached hydrogens (primary N) is 1. The van der Waals surface area contributed by atoms with Crippen LogP contribution in [0, 0.1) is 0 Å². The fourth-order valence-corrected chi connectivity index (χ4v) is 2.19. The highest BCUT2D eigenvalue weighted by Crippen LogP contribution is 2.14. The third-order valence-electron chi connectivity index (χ3n) is 3.08. The Morgan fingerprint density at radius 2 is 2.17 bits per heavy atom. The maximum atomic E-state index is 12.3. The van der Waals surface area contributed by atoms with Gasteiger partial charge < -0.3 is 16.0 Å². The number of hydrogen-bond acceptors (Lipinski definition) is 4. The van der Waals surface area contributed by atoms with Gasteiger partial charge in [-0.2, -0.15) is 5.10 Å². The number of H-pyrrole nitrogens is 1. The van der Waals surface area contributed by atoms with Gasteiger partial charge in [-0.3, -0.25) is 14.7 Å². The largest absolute Gasteiger partial charge is 0.368 e. The normalized spacial score (nSPS) is 16.4. The van der Waals surface area contributed by atoms with Crippen LogP contribution in [-0.2, 0) is 4.79 Å². The lowest BCUT2D eigenvalue weighted by atomic mass is 10.0. The van der Waals surface area contributed by atoms with Crippen molar-refractivity contribution in [2.75, 3.05) is 19.6 Å². The maximum Gasteiger partial charge on any atom is 0.257 e. The molecular formula is C11H17N5O2. The molecule has 18 heavy (non-hydrogen) atoms. The van der Waals surface area contributed by atoms with Gasteiger partial charge in [0.15, 0.2) is 0 Å². The Balaban J connectivity index is 2.13. The van der Waals surface area contributed by atoms with Gasteiger partial charge in [0.1, 0.15) is 0 Å². The van der Waals surface area contributed by atoms with E-state index in [1.54, 1.807) is 4.90 Å². The van der Waals surface area contributed by atoms with E-state index < -0.39 is 5.91 Å². The number of primary amides is 1. The van der Waals surface area contributed by atoms with Gasteiger partial charge in [0.2, 0.25) is 5.91 Å². The van der Waals surface area contributed by atoms with Crippen LogP contribution in [0.2, 0.25) is 0 Å². The molecule has 0 unspecified atom stereocenters. The number of carbonyl (C=O) groups is 2. The molecule has 7 nitrogen and oxygen atoms in total. The quantitative estimate of drug-likeness (QED) is 0.644. The molecule has 0 spiro atoms. The minimum atomic E-state index is -0.495. The van der Waals surface area contributed by atoms with Crippen molar-refractivity contribution in [3.8, 4) is 0 Å². The topological polar surface area (TPSA) is 104 Å². The van der Waals surface area contributed by atoms with E-state index in [9.17, 15) is 9.59 Å². The van der Waals surface area contributed by atoms with Gasteiger partial charge in [-0.05, 0) is 25.9 Å². The second kappa shape index (κ2) is 5.63. The van der Waals surface area contributed by atoms with Crippen molar-refractivity contribution >= 4 is 11.8 Å². The Labute approximate surface area is 105 Å². The van der Waals surface area contributed by atoms with Crippen molar-refractivity contribution in [1.29, 1.82) is 0 Å². The SMILES string of the molecule is NC(=O)CN(C(=O)c1cn[nH]c1)C1CCNCC1. The Morgan fingerprint density at radius 3 is 2.72 bits per heavy atom. The highest BCUT2D eigenvalue weighted by Gasteiger charge is 2.27. The lowest BCUT2D eigenvalue weighted by Gasteiger charge is -2.33. The standard InChI is InChI=1S/C11H17N5O2/c12-10(17)7-16(9-1-3-13-4-2-9)11(18)8-5-14-15-6-8/h5-6,9,13H,1-4,7H2,(H2,12,17)(H,14,15). The molecule has 1 saturated heterocycles. The number of piperidine rings is 1. The van der Waals surface area contributed by atoms with E-state index in [-0.39, 0.29) is 18.5 Å². The molecule has 4 N–H and O–H groups in total. The highest BCUT2D eigenvalue weighted by molar-refractivity contribution is 5.96. The van der Waals surface area contributed by atoms with Crippen LogP contribution in [0.15, 0.2) is 12.4 Å². The predicted octanol–water partition coefficient (Wildman–Crippen LogP) is -0.911. The number of aromatic nitrogens is 2. The number of nitrogens with zero attached hydrogens (tertiary/aromatic N) is 2. The zero-order chi connectivity index (χ0) is 13.0. The summed E-state index contributed by atoms with van der Waals surface area (Å²) < 4.78 is 0. The molecule has 98 valence electrons. The first kappa shape index (κ1) is 12.6. The van der Waals surface area contributed by atoms with Crippen LogP contribution >= 0.6 is 0 Å². The maximum absolute atomic E-state index is 12.3. The van der Waals surface area contributed by atoms with Crippen LogP contribution in [0.25, 0.3) is 0 Å².